The first-order valence-corrected chi connectivity index (χ1v) is 6.92. The summed E-state index contributed by atoms with van der Waals surface area (Å²) >= 11 is 0. The van der Waals surface area contributed by atoms with Crippen molar-refractivity contribution in [1.29, 1.82) is 0 Å². The minimum atomic E-state index is -1.06. The second-order valence-corrected chi connectivity index (χ2v) is 6.04. The van der Waals surface area contributed by atoms with Crippen LogP contribution < -0.4 is 0 Å². The van der Waals surface area contributed by atoms with E-state index in [-0.39, 0.29) is 16.8 Å². The fourth-order valence-corrected chi connectivity index (χ4v) is 2.06. The molecule has 1 aromatic carbocycles. The van der Waals surface area contributed by atoms with Gasteiger partial charge in [0.1, 0.15) is 0 Å². The second-order valence-electron chi connectivity index (χ2n) is 4.05. The van der Waals surface area contributed by atoms with E-state index in [0.29, 0.717) is 5.56 Å². The first-order chi connectivity index (χ1) is 7.54. The van der Waals surface area contributed by atoms with Crippen molar-refractivity contribution in [3.63, 3.8) is 0 Å². The van der Waals surface area contributed by atoms with E-state index in [4.69, 9.17) is 0 Å². The molecule has 1 rings (SSSR count). The van der Waals surface area contributed by atoms with Crippen molar-refractivity contribution in [3.05, 3.63) is 35.4 Å². The number of benzene rings is 1. The smallest absolute Gasteiger partial charge is 0.175 e. The van der Waals surface area contributed by atoms with E-state index < -0.39 is 10.8 Å². The molecule has 0 aliphatic carbocycles. The number of ketones is 1. The molecule has 0 saturated heterocycles. The van der Waals surface area contributed by atoms with Crippen LogP contribution in [0, 0.1) is 0 Å². The Bertz CT molecular complexity index is 379. The summed E-state index contributed by atoms with van der Waals surface area (Å²) in [7, 11) is -1.06. The molecule has 1 atom stereocenters. The highest BCUT2D eigenvalue weighted by molar-refractivity contribution is 7.86. The zero-order valence-electron chi connectivity index (χ0n) is 10.0. The van der Waals surface area contributed by atoms with Crippen LogP contribution in [0.25, 0.3) is 0 Å². The molecule has 3 heteroatoms. The Balaban J connectivity index is 2.70. The number of aryl methyl sites for hydroxylation is 1. The van der Waals surface area contributed by atoms with E-state index in [1.807, 2.05) is 38.1 Å². The van der Waals surface area contributed by atoms with Crippen LogP contribution in [0.1, 0.15) is 36.7 Å². The Labute approximate surface area is 99.5 Å². The number of hydrogen-bond acceptors (Lipinski definition) is 2. The normalized spacial score (nSPS) is 12.8. The molecule has 0 heterocycles. The zero-order valence-corrected chi connectivity index (χ0v) is 10.8. The highest BCUT2D eigenvalue weighted by Crippen LogP contribution is 2.07. The standard InChI is InChI=1S/C13H18O2S/c1-4-11-5-7-12(8-6-11)13(14)9-16(15)10(2)3/h5-8,10H,4,9H2,1-3H3. The summed E-state index contributed by atoms with van der Waals surface area (Å²) in [5, 5.41) is 0.0406. The van der Waals surface area contributed by atoms with Gasteiger partial charge >= 0.3 is 0 Å². The van der Waals surface area contributed by atoms with Gasteiger partial charge < -0.3 is 0 Å². The van der Waals surface area contributed by atoms with E-state index in [1.54, 1.807) is 0 Å². The fourth-order valence-electron chi connectivity index (χ4n) is 1.31. The summed E-state index contributed by atoms with van der Waals surface area (Å²) in [5.41, 5.74) is 1.87. The molecule has 0 radical (unpaired) electrons. The van der Waals surface area contributed by atoms with Crippen LogP contribution in [0.4, 0.5) is 0 Å². The maximum Gasteiger partial charge on any atom is 0.175 e. The van der Waals surface area contributed by atoms with Gasteiger partial charge in [-0.3, -0.25) is 9.00 Å². The summed E-state index contributed by atoms with van der Waals surface area (Å²) in [6.45, 7) is 5.80. The molecule has 1 unspecified atom stereocenters. The number of rotatable bonds is 5. The van der Waals surface area contributed by atoms with Crippen molar-refractivity contribution in [3.8, 4) is 0 Å². The van der Waals surface area contributed by atoms with Gasteiger partial charge in [-0.1, -0.05) is 45.0 Å². The van der Waals surface area contributed by atoms with Gasteiger partial charge in [0.2, 0.25) is 0 Å². The Morgan fingerprint density at radius 1 is 1.25 bits per heavy atom. The topological polar surface area (TPSA) is 34.1 Å². The summed E-state index contributed by atoms with van der Waals surface area (Å²) in [6, 6.07) is 7.54. The van der Waals surface area contributed by atoms with E-state index in [0.717, 1.165) is 6.42 Å². The zero-order chi connectivity index (χ0) is 12.1. The molecule has 16 heavy (non-hydrogen) atoms. The predicted molar refractivity (Wildman–Crippen MR) is 68.3 cm³/mol. The number of Topliss-reactive ketones (excluding diaryl/α,β-unsaturated/α-hetero) is 1. The van der Waals surface area contributed by atoms with Crippen LogP contribution in [0.5, 0.6) is 0 Å². The molecular formula is C13H18O2S. The Morgan fingerprint density at radius 3 is 2.25 bits per heavy atom. The summed E-state index contributed by atoms with van der Waals surface area (Å²) in [6.07, 6.45) is 0.965. The molecule has 88 valence electrons. The lowest BCUT2D eigenvalue weighted by atomic mass is 10.1. The first-order valence-electron chi connectivity index (χ1n) is 5.54. The van der Waals surface area contributed by atoms with Crippen LogP contribution in [0.2, 0.25) is 0 Å². The van der Waals surface area contributed by atoms with Crippen LogP contribution in [-0.2, 0) is 17.2 Å². The average molecular weight is 238 g/mol. The molecule has 0 fully saturated rings. The molecule has 0 saturated carbocycles. The molecule has 0 bridgehead atoms. The Hall–Kier alpha value is -0.960. The van der Waals surface area contributed by atoms with Gasteiger partial charge in [-0.2, -0.15) is 0 Å². The largest absolute Gasteiger partial charge is 0.293 e. The molecule has 1 aromatic rings. The molecule has 0 amide bonds. The van der Waals surface area contributed by atoms with Crippen molar-refractivity contribution in [2.75, 3.05) is 5.75 Å². The first kappa shape index (κ1) is 13.1. The molecule has 0 aromatic heterocycles. The highest BCUT2D eigenvalue weighted by Gasteiger charge is 2.12. The number of hydrogen-bond donors (Lipinski definition) is 0. The van der Waals surface area contributed by atoms with Crippen molar-refractivity contribution in [1.82, 2.24) is 0 Å². The second kappa shape index (κ2) is 5.94. The van der Waals surface area contributed by atoms with Gasteiger partial charge in [-0.15, -0.1) is 0 Å². The lowest BCUT2D eigenvalue weighted by Crippen LogP contribution is -2.17. The van der Waals surface area contributed by atoms with Gasteiger partial charge in [0, 0.05) is 21.6 Å². The maximum absolute atomic E-state index is 11.8. The fraction of sp³-hybridized carbons (Fsp3) is 0.462. The average Bonchev–Trinajstić information content (AvgIpc) is 2.28. The van der Waals surface area contributed by atoms with Gasteiger partial charge in [0.15, 0.2) is 5.78 Å². The summed E-state index contributed by atoms with van der Waals surface area (Å²) < 4.78 is 11.5. The summed E-state index contributed by atoms with van der Waals surface area (Å²) in [4.78, 5) is 11.8. The SMILES string of the molecule is CCc1ccc(C(=O)CS(=O)C(C)C)cc1. The molecule has 0 aliphatic heterocycles. The van der Waals surface area contributed by atoms with Crippen molar-refractivity contribution >= 4 is 16.6 Å². The van der Waals surface area contributed by atoms with E-state index in [9.17, 15) is 9.00 Å². The molecule has 0 aliphatic rings. The van der Waals surface area contributed by atoms with E-state index >= 15 is 0 Å². The van der Waals surface area contributed by atoms with Gasteiger partial charge in [0.05, 0.1) is 5.75 Å². The lowest BCUT2D eigenvalue weighted by Gasteiger charge is -2.05. The van der Waals surface area contributed by atoms with Crippen molar-refractivity contribution in [2.45, 2.75) is 32.4 Å². The van der Waals surface area contributed by atoms with Crippen molar-refractivity contribution in [2.24, 2.45) is 0 Å². The molecule has 2 nitrogen and oxygen atoms in total. The maximum atomic E-state index is 11.8. The highest BCUT2D eigenvalue weighted by atomic mass is 32.2. The number of carbonyl (C=O) groups excluding carboxylic acids is 1. The third kappa shape index (κ3) is 3.56. The van der Waals surface area contributed by atoms with Crippen LogP contribution >= 0.6 is 0 Å². The Morgan fingerprint density at radius 2 is 1.81 bits per heavy atom. The minimum absolute atomic E-state index is 0.0327. The third-order valence-corrected chi connectivity index (χ3v) is 4.08. The van der Waals surface area contributed by atoms with Crippen LogP contribution in [0.3, 0.4) is 0 Å². The van der Waals surface area contributed by atoms with Gasteiger partial charge in [0.25, 0.3) is 0 Å². The van der Waals surface area contributed by atoms with E-state index in [2.05, 4.69) is 6.92 Å². The van der Waals surface area contributed by atoms with E-state index in [1.165, 1.54) is 5.56 Å². The summed E-state index contributed by atoms with van der Waals surface area (Å²) in [5.74, 6) is 0.0954. The molecule has 0 spiro atoms. The van der Waals surface area contributed by atoms with Crippen LogP contribution in [-0.4, -0.2) is 21.0 Å². The van der Waals surface area contributed by atoms with Crippen LogP contribution in [0.15, 0.2) is 24.3 Å². The minimum Gasteiger partial charge on any atom is -0.293 e. The molecule has 0 N–H and O–H groups in total. The van der Waals surface area contributed by atoms with Gasteiger partial charge in [-0.25, -0.2) is 0 Å². The quantitative estimate of drug-likeness (QED) is 0.739. The Kier molecular flexibility index (Phi) is 4.87. The molecular weight excluding hydrogens is 220 g/mol. The lowest BCUT2D eigenvalue weighted by molar-refractivity contribution is 0.102. The number of carbonyl (C=O) groups is 1. The van der Waals surface area contributed by atoms with Crippen molar-refractivity contribution < 1.29 is 9.00 Å². The van der Waals surface area contributed by atoms with Gasteiger partial charge in [-0.05, 0) is 12.0 Å². The third-order valence-electron chi connectivity index (χ3n) is 2.48. The monoisotopic (exact) mass is 238 g/mol. The predicted octanol–water partition coefficient (Wildman–Crippen LogP) is 2.59.